The lowest BCUT2D eigenvalue weighted by molar-refractivity contribution is 0.600. The summed E-state index contributed by atoms with van der Waals surface area (Å²) >= 11 is 3.29. The number of halogens is 1. The van der Waals surface area contributed by atoms with Crippen LogP contribution in [0, 0.1) is 13.8 Å². The highest BCUT2D eigenvalue weighted by Gasteiger charge is 2.18. The smallest absolute Gasteiger partial charge is 0.263 e. The van der Waals surface area contributed by atoms with Crippen molar-refractivity contribution in [2.75, 3.05) is 4.72 Å². The van der Waals surface area contributed by atoms with Crippen LogP contribution in [0.4, 0.5) is 5.69 Å². The van der Waals surface area contributed by atoms with E-state index in [2.05, 4.69) is 20.7 Å². The molecular weight excluding hydrogens is 352 g/mol. The Morgan fingerprint density at radius 3 is 2.24 bits per heavy atom. The Morgan fingerprint density at radius 1 is 1.10 bits per heavy atom. The van der Waals surface area contributed by atoms with Crippen molar-refractivity contribution in [3.63, 3.8) is 0 Å². The lowest BCUT2D eigenvalue weighted by Crippen LogP contribution is -2.14. The van der Waals surface area contributed by atoms with Gasteiger partial charge in [0.25, 0.3) is 10.0 Å². The number of aryl methyl sites for hydroxylation is 2. The molecule has 2 aromatic rings. The van der Waals surface area contributed by atoms with Crippen molar-refractivity contribution < 1.29 is 8.42 Å². The maximum Gasteiger partial charge on any atom is 0.263 e. The first kappa shape index (κ1) is 16.0. The van der Waals surface area contributed by atoms with Gasteiger partial charge in [-0.3, -0.25) is 4.72 Å². The molecule has 0 unspecified atom stereocenters. The lowest BCUT2D eigenvalue weighted by Gasteiger charge is -2.12. The van der Waals surface area contributed by atoms with Crippen molar-refractivity contribution in [2.45, 2.75) is 25.3 Å². The third-order valence-electron chi connectivity index (χ3n) is 3.00. The van der Waals surface area contributed by atoms with E-state index in [1.807, 2.05) is 19.9 Å². The number of anilines is 1. The average Bonchev–Trinajstić information content (AvgIpc) is 2.36. The van der Waals surface area contributed by atoms with Crippen LogP contribution in [0.5, 0.6) is 0 Å². The van der Waals surface area contributed by atoms with E-state index in [-0.39, 0.29) is 4.90 Å². The molecule has 3 N–H and O–H groups in total. The summed E-state index contributed by atoms with van der Waals surface area (Å²) in [4.78, 5) is 0.193. The Labute approximate surface area is 133 Å². The fourth-order valence-electron chi connectivity index (χ4n) is 2.13. The minimum Gasteiger partial charge on any atom is -0.326 e. The first-order valence-electron chi connectivity index (χ1n) is 6.41. The Kier molecular flexibility index (Phi) is 4.70. The van der Waals surface area contributed by atoms with Gasteiger partial charge in [0.15, 0.2) is 0 Å². The topological polar surface area (TPSA) is 72.2 Å². The van der Waals surface area contributed by atoms with Crippen molar-refractivity contribution >= 4 is 31.6 Å². The summed E-state index contributed by atoms with van der Waals surface area (Å²) in [5, 5.41) is 0. The van der Waals surface area contributed by atoms with Crippen LogP contribution in [0.1, 0.15) is 16.7 Å². The van der Waals surface area contributed by atoms with Crippen LogP contribution in [0.3, 0.4) is 0 Å². The molecule has 0 fully saturated rings. The second-order valence-corrected chi connectivity index (χ2v) is 7.46. The number of nitrogens with two attached hydrogens (primary N) is 1. The molecule has 2 aromatic carbocycles. The third-order valence-corrected chi connectivity index (χ3v) is 5.35. The summed E-state index contributed by atoms with van der Waals surface area (Å²) in [7, 11) is -3.64. The van der Waals surface area contributed by atoms with Gasteiger partial charge in [0, 0.05) is 16.7 Å². The maximum absolute atomic E-state index is 12.5. The molecule has 0 bridgehead atoms. The minimum atomic E-state index is -3.64. The monoisotopic (exact) mass is 368 g/mol. The molecule has 0 aliphatic heterocycles. The van der Waals surface area contributed by atoms with Gasteiger partial charge in [-0.1, -0.05) is 12.1 Å². The Hall–Kier alpha value is -1.37. The highest BCUT2D eigenvalue weighted by Crippen LogP contribution is 2.26. The molecule has 4 nitrogen and oxygen atoms in total. The number of nitrogens with one attached hydrogen (secondary N) is 1. The van der Waals surface area contributed by atoms with Gasteiger partial charge in [-0.25, -0.2) is 8.42 Å². The van der Waals surface area contributed by atoms with E-state index in [4.69, 9.17) is 5.73 Å². The standard InChI is InChI=1S/C15H17BrN2O2S/c1-10-5-11(2)7-13(6-10)18-21(19,20)15-4-3-12(9-17)8-14(15)16/h3-8,18H,9,17H2,1-2H3. The van der Waals surface area contributed by atoms with Crippen LogP contribution in [-0.4, -0.2) is 8.42 Å². The van der Waals surface area contributed by atoms with Crippen molar-refractivity contribution in [1.82, 2.24) is 0 Å². The number of benzene rings is 2. The van der Waals surface area contributed by atoms with Gasteiger partial charge in [0.2, 0.25) is 0 Å². The predicted octanol–water partition coefficient (Wildman–Crippen LogP) is 3.33. The number of sulfonamides is 1. The summed E-state index contributed by atoms with van der Waals surface area (Å²) in [6, 6.07) is 10.6. The highest BCUT2D eigenvalue weighted by atomic mass is 79.9. The van der Waals surface area contributed by atoms with Crippen LogP contribution in [-0.2, 0) is 16.6 Å². The van der Waals surface area contributed by atoms with Gasteiger partial charge < -0.3 is 5.73 Å². The van der Waals surface area contributed by atoms with E-state index in [0.717, 1.165) is 16.7 Å². The van der Waals surface area contributed by atoms with Crippen molar-refractivity contribution in [1.29, 1.82) is 0 Å². The zero-order valence-corrected chi connectivity index (χ0v) is 14.3. The zero-order chi connectivity index (χ0) is 15.6. The van der Waals surface area contributed by atoms with Crippen LogP contribution in [0.15, 0.2) is 45.8 Å². The minimum absolute atomic E-state index is 0.193. The van der Waals surface area contributed by atoms with Gasteiger partial charge in [-0.15, -0.1) is 0 Å². The van der Waals surface area contributed by atoms with Crippen LogP contribution < -0.4 is 10.5 Å². The Balaban J connectivity index is 2.38. The molecule has 0 spiro atoms. The zero-order valence-electron chi connectivity index (χ0n) is 11.9. The van der Waals surface area contributed by atoms with Crippen LogP contribution in [0.25, 0.3) is 0 Å². The maximum atomic E-state index is 12.5. The molecule has 0 aromatic heterocycles. The van der Waals surface area contributed by atoms with Gasteiger partial charge in [-0.2, -0.15) is 0 Å². The largest absolute Gasteiger partial charge is 0.326 e. The molecule has 0 heterocycles. The molecule has 0 aliphatic rings. The van der Waals surface area contributed by atoms with Crippen molar-refractivity contribution in [3.8, 4) is 0 Å². The third kappa shape index (κ3) is 3.84. The molecule has 0 atom stereocenters. The summed E-state index contributed by atoms with van der Waals surface area (Å²) < 4.78 is 28.1. The number of rotatable bonds is 4. The van der Waals surface area contributed by atoms with E-state index in [1.54, 1.807) is 30.3 Å². The Bertz CT molecular complexity index is 753. The predicted molar refractivity (Wildman–Crippen MR) is 88.8 cm³/mol. The summed E-state index contributed by atoms with van der Waals surface area (Å²) in [6.45, 7) is 4.22. The summed E-state index contributed by atoms with van der Waals surface area (Å²) in [5.74, 6) is 0. The van der Waals surface area contributed by atoms with Crippen LogP contribution >= 0.6 is 15.9 Å². The molecule has 0 saturated heterocycles. The van der Waals surface area contributed by atoms with E-state index in [9.17, 15) is 8.42 Å². The molecule has 6 heteroatoms. The van der Waals surface area contributed by atoms with Gasteiger partial charge >= 0.3 is 0 Å². The average molecular weight is 369 g/mol. The van der Waals surface area contributed by atoms with E-state index in [0.29, 0.717) is 16.7 Å². The van der Waals surface area contributed by atoms with Crippen molar-refractivity contribution in [2.24, 2.45) is 5.73 Å². The number of hydrogen-bond donors (Lipinski definition) is 2. The molecule has 0 radical (unpaired) electrons. The molecular formula is C15H17BrN2O2S. The quantitative estimate of drug-likeness (QED) is 0.869. The molecule has 112 valence electrons. The molecule has 21 heavy (non-hydrogen) atoms. The van der Waals surface area contributed by atoms with Gasteiger partial charge in [-0.05, 0) is 70.7 Å². The summed E-state index contributed by atoms with van der Waals surface area (Å²) in [6.07, 6.45) is 0. The summed E-state index contributed by atoms with van der Waals surface area (Å²) in [5.41, 5.74) is 8.98. The van der Waals surface area contributed by atoms with Crippen LogP contribution in [0.2, 0.25) is 0 Å². The first-order valence-corrected chi connectivity index (χ1v) is 8.69. The fourth-order valence-corrected chi connectivity index (χ4v) is 4.30. The molecule has 0 saturated carbocycles. The van der Waals surface area contributed by atoms with Crippen molar-refractivity contribution in [3.05, 3.63) is 57.6 Å². The molecule has 0 aliphatic carbocycles. The lowest BCUT2D eigenvalue weighted by atomic mass is 10.1. The Morgan fingerprint density at radius 2 is 1.71 bits per heavy atom. The van der Waals surface area contributed by atoms with Gasteiger partial charge in [0.05, 0.1) is 0 Å². The van der Waals surface area contributed by atoms with E-state index >= 15 is 0 Å². The molecule has 0 amide bonds. The second-order valence-electron chi connectivity index (χ2n) is 4.95. The SMILES string of the molecule is Cc1cc(C)cc(NS(=O)(=O)c2ccc(CN)cc2Br)c1. The highest BCUT2D eigenvalue weighted by molar-refractivity contribution is 9.10. The fraction of sp³-hybridized carbons (Fsp3) is 0.200. The first-order chi connectivity index (χ1) is 9.81. The number of hydrogen-bond acceptors (Lipinski definition) is 3. The normalized spacial score (nSPS) is 11.4. The van der Waals surface area contributed by atoms with E-state index < -0.39 is 10.0 Å². The van der Waals surface area contributed by atoms with E-state index in [1.165, 1.54) is 0 Å². The molecule has 2 rings (SSSR count). The van der Waals surface area contributed by atoms with Gasteiger partial charge in [0.1, 0.15) is 4.90 Å². The second kappa shape index (κ2) is 6.17.